The predicted molar refractivity (Wildman–Crippen MR) is 87.1 cm³/mol. The number of nitrogens with two attached hydrogens (primary N) is 1. The molecule has 2 aromatic heterocycles. The van der Waals surface area contributed by atoms with Crippen LogP contribution < -0.4 is 10.5 Å². The van der Waals surface area contributed by atoms with Crippen LogP contribution in [-0.4, -0.2) is 31.2 Å². The Morgan fingerprint density at radius 3 is 2.83 bits per heavy atom. The summed E-state index contributed by atoms with van der Waals surface area (Å²) >= 11 is 0. The van der Waals surface area contributed by atoms with Crippen LogP contribution in [0.2, 0.25) is 0 Å². The Labute approximate surface area is 133 Å². The van der Waals surface area contributed by atoms with E-state index in [-0.39, 0.29) is 10.9 Å². The van der Waals surface area contributed by atoms with Crippen LogP contribution in [0.25, 0.3) is 22.3 Å². The zero-order chi connectivity index (χ0) is 16.2. The quantitative estimate of drug-likeness (QED) is 0.749. The number of benzene rings is 1. The molecule has 1 aliphatic rings. The highest BCUT2D eigenvalue weighted by Gasteiger charge is 2.23. The van der Waals surface area contributed by atoms with Gasteiger partial charge in [0.05, 0.1) is 22.3 Å². The maximum absolute atomic E-state index is 11.5. The lowest BCUT2D eigenvalue weighted by Crippen LogP contribution is -2.10. The summed E-state index contributed by atoms with van der Waals surface area (Å²) in [4.78, 5) is 7.73. The zero-order valence-electron chi connectivity index (χ0n) is 12.4. The zero-order valence-corrected chi connectivity index (χ0v) is 13.2. The average molecular weight is 329 g/mol. The minimum absolute atomic E-state index is 0.0973. The van der Waals surface area contributed by atoms with Gasteiger partial charge in [0.25, 0.3) is 0 Å². The first-order chi connectivity index (χ1) is 10.9. The van der Waals surface area contributed by atoms with Crippen molar-refractivity contribution in [3.8, 4) is 17.1 Å². The molecule has 0 spiro atoms. The molecule has 1 atom stereocenters. The van der Waals surface area contributed by atoms with Gasteiger partial charge in [-0.25, -0.2) is 8.42 Å². The van der Waals surface area contributed by atoms with Crippen molar-refractivity contribution in [2.45, 2.75) is 10.9 Å². The number of aromatic nitrogens is 2. The molecule has 0 saturated heterocycles. The van der Waals surface area contributed by atoms with Crippen LogP contribution in [-0.2, 0) is 9.84 Å². The molecule has 23 heavy (non-hydrogen) atoms. The van der Waals surface area contributed by atoms with Crippen molar-refractivity contribution < 1.29 is 13.2 Å². The lowest BCUT2D eigenvalue weighted by Gasteiger charge is -2.00. The number of pyridine rings is 1. The number of hydrogen-bond acceptors (Lipinski definition) is 5. The fraction of sp³-hybridized carbons (Fsp3) is 0.188. The third kappa shape index (κ3) is 2.29. The Morgan fingerprint density at radius 2 is 2.13 bits per heavy atom. The summed E-state index contributed by atoms with van der Waals surface area (Å²) in [6, 6.07) is 9.04. The van der Waals surface area contributed by atoms with Crippen LogP contribution in [0.1, 0.15) is 11.6 Å². The van der Waals surface area contributed by atoms with E-state index in [2.05, 4.69) is 9.97 Å². The van der Waals surface area contributed by atoms with Gasteiger partial charge in [0, 0.05) is 28.9 Å². The topological polar surface area (TPSA) is 98.1 Å². The minimum atomic E-state index is -3.25. The second-order valence-electron chi connectivity index (χ2n) is 5.70. The first kappa shape index (κ1) is 14.2. The average Bonchev–Trinajstić information content (AvgIpc) is 3.10. The molecule has 118 valence electrons. The Bertz CT molecular complexity index is 1010. The number of ether oxygens (including phenoxy) is 1. The number of hydrogen-bond donors (Lipinski definition) is 2. The van der Waals surface area contributed by atoms with Crippen LogP contribution in [0.4, 0.5) is 0 Å². The number of nitrogens with one attached hydrogen (secondary N) is 1. The Kier molecular flexibility index (Phi) is 2.97. The van der Waals surface area contributed by atoms with Gasteiger partial charge in [-0.05, 0) is 24.3 Å². The predicted octanol–water partition coefficient (Wildman–Crippen LogP) is 2.03. The molecular formula is C16H15N3O3S. The third-order valence-electron chi connectivity index (χ3n) is 4.03. The van der Waals surface area contributed by atoms with E-state index in [1.165, 1.54) is 6.20 Å². The fourth-order valence-corrected chi connectivity index (χ4v) is 3.37. The van der Waals surface area contributed by atoms with Crippen molar-refractivity contribution in [2.75, 3.05) is 12.9 Å². The van der Waals surface area contributed by atoms with Crippen LogP contribution in [0.3, 0.4) is 0 Å². The molecule has 6 nitrogen and oxygen atoms in total. The number of H-pyrrole nitrogens is 1. The first-order valence-electron chi connectivity index (χ1n) is 7.14. The second-order valence-corrected chi connectivity index (χ2v) is 7.71. The van der Waals surface area contributed by atoms with Crippen molar-refractivity contribution in [1.82, 2.24) is 9.97 Å². The second kappa shape index (κ2) is 4.81. The van der Waals surface area contributed by atoms with E-state index in [1.54, 1.807) is 12.1 Å². The Hall–Kier alpha value is -2.38. The summed E-state index contributed by atoms with van der Waals surface area (Å²) in [6.07, 6.45) is 2.53. The molecule has 7 heteroatoms. The van der Waals surface area contributed by atoms with E-state index < -0.39 is 9.84 Å². The molecule has 1 aliphatic heterocycles. The van der Waals surface area contributed by atoms with Crippen LogP contribution in [0.5, 0.6) is 5.75 Å². The maximum Gasteiger partial charge on any atom is 0.177 e. The molecule has 0 bridgehead atoms. The summed E-state index contributed by atoms with van der Waals surface area (Å²) in [5, 5.41) is 0.958. The van der Waals surface area contributed by atoms with Gasteiger partial charge < -0.3 is 15.5 Å². The normalized spacial score (nSPS) is 17.2. The van der Waals surface area contributed by atoms with Crippen molar-refractivity contribution in [3.05, 3.63) is 42.1 Å². The highest BCUT2D eigenvalue weighted by Crippen LogP contribution is 2.39. The number of rotatable bonds is 2. The molecular weight excluding hydrogens is 314 g/mol. The molecule has 0 radical (unpaired) electrons. The molecule has 3 aromatic rings. The molecule has 4 rings (SSSR count). The molecule has 1 aromatic carbocycles. The highest BCUT2D eigenvalue weighted by atomic mass is 32.2. The van der Waals surface area contributed by atoms with Crippen molar-refractivity contribution in [1.29, 1.82) is 0 Å². The van der Waals surface area contributed by atoms with Gasteiger partial charge in [-0.1, -0.05) is 6.07 Å². The summed E-state index contributed by atoms with van der Waals surface area (Å²) in [6.45, 7) is 0.482. The van der Waals surface area contributed by atoms with Gasteiger partial charge in [0.2, 0.25) is 0 Å². The molecule has 0 aliphatic carbocycles. The van der Waals surface area contributed by atoms with Gasteiger partial charge in [-0.2, -0.15) is 0 Å². The SMILES string of the molecule is CS(=O)(=O)c1ccc(-c2cc3c4c(ccc3[nH]2)C(N)CO4)nc1. The third-order valence-corrected chi connectivity index (χ3v) is 5.13. The molecule has 0 fully saturated rings. The standard InChI is InChI=1S/C16H15N3O3S/c1-23(20,21)9-2-4-14(18-7-9)15-6-11-13(19-15)5-3-10-12(17)8-22-16(10)11/h2-7,12,19H,8,17H2,1H3. The molecule has 3 heterocycles. The van der Waals surface area contributed by atoms with Gasteiger partial charge in [0.1, 0.15) is 12.4 Å². The van der Waals surface area contributed by atoms with Gasteiger partial charge >= 0.3 is 0 Å². The van der Waals surface area contributed by atoms with E-state index in [0.29, 0.717) is 12.3 Å². The van der Waals surface area contributed by atoms with E-state index in [4.69, 9.17) is 10.5 Å². The minimum Gasteiger partial charge on any atom is -0.491 e. The monoisotopic (exact) mass is 329 g/mol. The molecule has 0 amide bonds. The Morgan fingerprint density at radius 1 is 1.30 bits per heavy atom. The van der Waals surface area contributed by atoms with Crippen LogP contribution >= 0.6 is 0 Å². The number of fused-ring (bicyclic) bond motifs is 3. The van der Waals surface area contributed by atoms with Gasteiger partial charge in [0.15, 0.2) is 9.84 Å². The largest absolute Gasteiger partial charge is 0.491 e. The van der Waals surface area contributed by atoms with E-state index in [0.717, 1.165) is 34.2 Å². The number of sulfone groups is 1. The molecule has 1 unspecified atom stereocenters. The lowest BCUT2D eigenvalue weighted by atomic mass is 10.1. The van der Waals surface area contributed by atoms with E-state index in [1.807, 2.05) is 18.2 Å². The van der Waals surface area contributed by atoms with Crippen LogP contribution in [0, 0.1) is 0 Å². The summed E-state index contributed by atoms with van der Waals surface area (Å²) in [5.74, 6) is 0.810. The fourth-order valence-electron chi connectivity index (χ4n) is 2.81. The Balaban J connectivity index is 1.81. The first-order valence-corrected chi connectivity index (χ1v) is 9.03. The number of aromatic amines is 1. The van der Waals surface area contributed by atoms with Crippen LogP contribution in [0.15, 0.2) is 41.4 Å². The number of nitrogens with zero attached hydrogens (tertiary/aromatic N) is 1. The summed E-state index contributed by atoms with van der Waals surface area (Å²) < 4.78 is 28.7. The maximum atomic E-state index is 11.5. The van der Waals surface area contributed by atoms with Gasteiger partial charge in [-0.15, -0.1) is 0 Å². The van der Waals surface area contributed by atoms with E-state index in [9.17, 15) is 8.42 Å². The van der Waals surface area contributed by atoms with Crippen molar-refractivity contribution in [2.24, 2.45) is 5.73 Å². The van der Waals surface area contributed by atoms with Gasteiger partial charge in [-0.3, -0.25) is 4.98 Å². The summed E-state index contributed by atoms with van der Waals surface area (Å²) in [5.41, 5.74) is 9.42. The summed E-state index contributed by atoms with van der Waals surface area (Å²) in [7, 11) is -3.25. The van der Waals surface area contributed by atoms with E-state index >= 15 is 0 Å². The molecule has 0 saturated carbocycles. The molecule has 3 N–H and O–H groups in total. The lowest BCUT2D eigenvalue weighted by molar-refractivity contribution is 0.336. The van der Waals surface area contributed by atoms with Crippen molar-refractivity contribution in [3.63, 3.8) is 0 Å². The smallest absolute Gasteiger partial charge is 0.177 e. The highest BCUT2D eigenvalue weighted by molar-refractivity contribution is 7.90. The van der Waals surface area contributed by atoms with Crippen molar-refractivity contribution >= 4 is 20.7 Å².